The first-order chi connectivity index (χ1) is 6.36. The zero-order valence-corrected chi connectivity index (χ0v) is 8.99. The van der Waals surface area contributed by atoms with Crippen LogP contribution in [0.15, 0.2) is 12.1 Å². The number of alkyl halides is 3. The van der Waals surface area contributed by atoms with Gasteiger partial charge in [0.15, 0.2) is 0 Å². The van der Waals surface area contributed by atoms with Crippen LogP contribution in [0.3, 0.4) is 0 Å². The van der Waals surface area contributed by atoms with E-state index in [1.807, 2.05) is 0 Å². The summed E-state index contributed by atoms with van der Waals surface area (Å²) in [5.41, 5.74) is 4.27. The fourth-order valence-electron chi connectivity index (χ4n) is 0.962. The minimum Gasteiger partial charge on any atom is -0.326 e. The molecule has 0 radical (unpaired) electrons. The van der Waals surface area contributed by atoms with Crippen molar-refractivity contribution < 1.29 is 17.6 Å². The Morgan fingerprint density at radius 1 is 1.29 bits per heavy atom. The highest BCUT2D eigenvalue weighted by atomic mass is 127. The molecule has 1 aromatic rings. The number of benzene rings is 1. The molecule has 0 saturated heterocycles. The molecule has 14 heavy (non-hydrogen) atoms. The summed E-state index contributed by atoms with van der Waals surface area (Å²) in [5, 5.41) is 0. The lowest BCUT2D eigenvalue weighted by Crippen LogP contribution is -2.10. The van der Waals surface area contributed by atoms with Crippen LogP contribution in [-0.2, 0) is 12.7 Å². The molecule has 0 aromatic heterocycles. The Balaban J connectivity index is 3.29. The van der Waals surface area contributed by atoms with Crippen molar-refractivity contribution in [2.24, 2.45) is 5.73 Å². The summed E-state index contributed by atoms with van der Waals surface area (Å²) in [5.74, 6) is -0.916. The predicted octanol–water partition coefficient (Wildman–Crippen LogP) is 2.91. The molecule has 6 heteroatoms. The largest absolute Gasteiger partial charge is 0.417 e. The Morgan fingerprint density at radius 2 is 1.86 bits per heavy atom. The number of nitrogens with two attached hydrogens (primary N) is 1. The maximum Gasteiger partial charge on any atom is 0.417 e. The van der Waals surface area contributed by atoms with Gasteiger partial charge in [0.25, 0.3) is 0 Å². The number of rotatable bonds is 1. The van der Waals surface area contributed by atoms with Crippen LogP contribution in [0.5, 0.6) is 0 Å². The lowest BCUT2D eigenvalue weighted by molar-refractivity contribution is -0.138. The summed E-state index contributed by atoms with van der Waals surface area (Å²) in [7, 11) is 0. The second-order valence-electron chi connectivity index (χ2n) is 2.63. The summed E-state index contributed by atoms with van der Waals surface area (Å²) in [4.78, 5) is 0. The molecular formula is C8H6F4IN. The minimum absolute atomic E-state index is 0.0445. The van der Waals surface area contributed by atoms with E-state index < -0.39 is 17.6 Å². The molecule has 0 spiro atoms. The molecule has 1 nitrogen and oxygen atoms in total. The maximum atomic E-state index is 13.0. The van der Waals surface area contributed by atoms with E-state index in [9.17, 15) is 17.6 Å². The van der Waals surface area contributed by atoms with Crippen molar-refractivity contribution in [3.63, 3.8) is 0 Å². The smallest absolute Gasteiger partial charge is 0.326 e. The van der Waals surface area contributed by atoms with Gasteiger partial charge in [0.1, 0.15) is 5.82 Å². The molecule has 0 unspecified atom stereocenters. The third-order valence-electron chi connectivity index (χ3n) is 1.66. The summed E-state index contributed by atoms with van der Waals surface area (Å²) in [6.07, 6.45) is -4.52. The van der Waals surface area contributed by atoms with Crippen molar-refractivity contribution >= 4 is 22.6 Å². The van der Waals surface area contributed by atoms with Gasteiger partial charge in [0.2, 0.25) is 0 Å². The van der Waals surface area contributed by atoms with E-state index in [-0.39, 0.29) is 15.7 Å². The average molecular weight is 319 g/mol. The Bertz CT molecular complexity index is 348. The molecule has 0 amide bonds. The molecule has 1 aromatic carbocycles. The third-order valence-corrected chi connectivity index (χ3v) is 2.55. The molecule has 78 valence electrons. The second kappa shape index (κ2) is 4.01. The van der Waals surface area contributed by atoms with E-state index >= 15 is 0 Å². The minimum atomic E-state index is -4.52. The first-order valence-corrected chi connectivity index (χ1v) is 4.69. The number of halogens is 5. The van der Waals surface area contributed by atoms with Gasteiger partial charge in [-0.05, 0) is 34.7 Å². The zero-order chi connectivity index (χ0) is 10.9. The molecular weight excluding hydrogens is 313 g/mol. The monoisotopic (exact) mass is 319 g/mol. The fraction of sp³-hybridized carbons (Fsp3) is 0.250. The Labute approximate surface area is 91.4 Å². The summed E-state index contributed by atoms with van der Waals surface area (Å²) >= 11 is 1.51. The first-order valence-electron chi connectivity index (χ1n) is 3.61. The third kappa shape index (κ3) is 2.35. The van der Waals surface area contributed by atoms with Crippen molar-refractivity contribution in [1.82, 2.24) is 0 Å². The first kappa shape index (κ1) is 11.7. The van der Waals surface area contributed by atoms with Gasteiger partial charge in [0, 0.05) is 15.7 Å². The van der Waals surface area contributed by atoms with Crippen LogP contribution < -0.4 is 5.73 Å². The van der Waals surface area contributed by atoms with Gasteiger partial charge in [-0.25, -0.2) is 4.39 Å². The highest BCUT2D eigenvalue weighted by molar-refractivity contribution is 14.1. The van der Waals surface area contributed by atoms with E-state index in [1.165, 1.54) is 22.6 Å². The summed E-state index contributed by atoms with van der Waals surface area (Å²) in [6, 6.07) is 1.59. The highest BCUT2D eigenvalue weighted by Crippen LogP contribution is 2.34. The molecule has 0 fully saturated rings. The van der Waals surface area contributed by atoms with Gasteiger partial charge in [0.05, 0.1) is 5.56 Å². The SMILES string of the molecule is NCc1cc(I)c(C(F)(F)F)cc1F. The number of hydrogen-bond acceptors (Lipinski definition) is 1. The van der Waals surface area contributed by atoms with Gasteiger partial charge < -0.3 is 5.73 Å². The quantitative estimate of drug-likeness (QED) is 0.625. The molecule has 0 saturated carbocycles. The predicted molar refractivity (Wildman–Crippen MR) is 52.0 cm³/mol. The molecule has 0 aliphatic rings. The number of hydrogen-bond donors (Lipinski definition) is 1. The van der Waals surface area contributed by atoms with Crippen LogP contribution >= 0.6 is 22.6 Å². The van der Waals surface area contributed by atoms with E-state index in [0.29, 0.717) is 6.07 Å². The van der Waals surface area contributed by atoms with Crippen LogP contribution in [-0.4, -0.2) is 0 Å². The highest BCUT2D eigenvalue weighted by Gasteiger charge is 2.33. The Hall–Kier alpha value is -0.370. The zero-order valence-electron chi connectivity index (χ0n) is 6.83. The van der Waals surface area contributed by atoms with Crippen LogP contribution in [0.25, 0.3) is 0 Å². The summed E-state index contributed by atoms with van der Waals surface area (Å²) in [6.45, 7) is -0.111. The van der Waals surface area contributed by atoms with Crippen LogP contribution in [0.1, 0.15) is 11.1 Å². The Morgan fingerprint density at radius 3 is 2.29 bits per heavy atom. The van der Waals surface area contributed by atoms with Crippen molar-refractivity contribution in [1.29, 1.82) is 0 Å². The van der Waals surface area contributed by atoms with Crippen LogP contribution in [0.2, 0.25) is 0 Å². The summed E-state index contributed by atoms with van der Waals surface area (Å²) < 4.78 is 49.7. The van der Waals surface area contributed by atoms with Gasteiger partial charge in [-0.15, -0.1) is 0 Å². The molecule has 0 heterocycles. The molecule has 0 bridgehead atoms. The van der Waals surface area contributed by atoms with Crippen LogP contribution in [0, 0.1) is 9.39 Å². The lowest BCUT2D eigenvalue weighted by atomic mass is 10.1. The van der Waals surface area contributed by atoms with Gasteiger partial charge in [-0.2, -0.15) is 13.2 Å². The van der Waals surface area contributed by atoms with Crippen LogP contribution in [0.4, 0.5) is 17.6 Å². The average Bonchev–Trinajstić information content (AvgIpc) is 2.06. The topological polar surface area (TPSA) is 26.0 Å². The van der Waals surface area contributed by atoms with Gasteiger partial charge >= 0.3 is 6.18 Å². The fourth-order valence-corrected chi connectivity index (χ4v) is 1.80. The molecule has 0 aliphatic heterocycles. The molecule has 0 aliphatic carbocycles. The van der Waals surface area contributed by atoms with Crippen molar-refractivity contribution in [3.05, 3.63) is 32.6 Å². The Kier molecular flexibility index (Phi) is 3.36. The lowest BCUT2D eigenvalue weighted by Gasteiger charge is -2.10. The second-order valence-corrected chi connectivity index (χ2v) is 3.79. The van der Waals surface area contributed by atoms with E-state index in [2.05, 4.69) is 0 Å². The standard InChI is InChI=1S/C8H6F4IN/c9-6-2-5(8(10,11)12)7(13)1-4(6)3-14/h1-2H,3,14H2. The maximum absolute atomic E-state index is 13.0. The molecule has 0 atom stereocenters. The van der Waals surface area contributed by atoms with E-state index in [4.69, 9.17) is 5.73 Å². The molecule has 1 rings (SSSR count). The van der Waals surface area contributed by atoms with Crippen molar-refractivity contribution in [2.75, 3.05) is 0 Å². The van der Waals surface area contributed by atoms with Crippen molar-refractivity contribution in [2.45, 2.75) is 12.7 Å². The van der Waals surface area contributed by atoms with E-state index in [0.717, 1.165) is 6.07 Å². The van der Waals surface area contributed by atoms with Crippen molar-refractivity contribution in [3.8, 4) is 0 Å². The van der Waals surface area contributed by atoms with Gasteiger partial charge in [-0.3, -0.25) is 0 Å². The normalized spacial score (nSPS) is 11.9. The molecule has 2 N–H and O–H groups in total. The van der Waals surface area contributed by atoms with Gasteiger partial charge in [-0.1, -0.05) is 0 Å². The van der Waals surface area contributed by atoms with E-state index in [1.54, 1.807) is 0 Å².